The lowest BCUT2D eigenvalue weighted by Gasteiger charge is -2.29. The fourth-order valence-electron chi connectivity index (χ4n) is 3.92. The van der Waals surface area contributed by atoms with Crippen molar-refractivity contribution in [3.63, 3.8) is 0 Å². The highest BCUT2D eigenvalue weighted by Crippen LogP contribution is 2.24. The fraction of sp³-hybridized carbons (Fsp3) is 0.467. The van der Waals surface area contributed by atoms with Crippen LogP contribution in [0.3, 0.4) is 0 Å². The molecule has 4 rings (SSSR count). The Balaban J connectivity index is 0.000000220. The van der Waals surface area contributed by atoms with Crippen LogP contribution in [0.15, 0.2) is 57.8 Å². The van der Waals surface area contributed by atoms with Crippen molar-refractivity contribution in [2.75, 3.05) is 26.2 Å². The van der Waals surface area contributed by atoms with Crippen LogP contribution in [0.5, 0.6) is 0 Å². The molecule has 0 saturated heterocycles. The Hall–Kier alpha value is -2.72. The van der Waals surface area contributed by atoms with Crippen molar-refractivity contribution in [2.45, 2.75) is 65.6 Å². The minimum absolute atomic E-state index is 0.253. The zero-order chi connectivity index (χ0) is 29.5. The monoisotopic (exact) mass is 676 g/mol. The first-order valence-electron chi connectivity index (χ1n) is 13.3. The standard InChI is InChI=1S/2C15H19BrN2O2/c2*1-15(2,3)20-14(19)18-8-6-11(7-9-18)13-5-4-12(16)10-17-13/h2*4-6,10H,7-9H2,1-3H3. The largest absolute Gasteiger partial charge is 0.444 e. The molecule has 4 heterocycles. The number of carbonyl (C=O) groups is 2. The van der Waals surface area contributed by atoms with Crippen molar-refractivity contribution in [3.05, 3.63) is 69.1 Å². The first kappa shape index (κ1) is 31.8. The molecular formula is C30H38Br2N4O4. The zero-order valence-electron chi connectivity index (χ0n) is 24.0. The predicted molar refractivity (Wildman–Crippen MR) is 165 cm³/mol. The Morgan fingerprint density at radius 3 is 1.32 bits per heavy atom. The lowest BCUT2D eigenvalue weighted by atomic mass is 10.0. The summed E-state index contributed by atoms with van der Waals surface area (Å²) in [5, 5.41) is 0. The number of carbonyl (C=O) groups excluding carboxylic acids is 2. The van der Waals surface area contributed by atoms with E-state index >= 15 is 0 Å². The predicted octanol–water partition coefficient (Wildman–Crippen LogP) is 7.74. The van der Waals surface area contributed by atoms with Gasteiger partial charge in [0.25, 0.3) is 0 Å². The van der Waals surface area contributed by atoms with E-state index in [-0.39, 0.29) is 12.2 Å². The molecule has 10 heteroatoms. The second-order valence-corrected chi connectivity index (χ2v) is 13.4. The minimum atomic E-state index is -0.450. The van der Waals surface area contributed by atoms with E-state index in [1.165, 1.54) is 11.1 Å². The molecule has 0 bridgehead atoms. The number of nitrogens with zero attached hydrogens (tertiary/aromatic N) is 4. The van der Waals surface area contributed by atoms with Crippen molar-refractivity contribution in [3.8, 4) is 0 Å². The molecular weight excluding hydrogens is 640 g/mol. The highest BCUT2D eigenvalue weighted by molar-refractivity contribution is 9.10. The highest BCUT2D eigenvalue weighted by atomic mass is 79.9. The first-order valence-corrected chi connectivity index (χ1v) is 14.9. The van der Waals surface area contributed by atoms with E-state index in [4.69, 9.17) is 9.47 Å². The summed E-state index contributed by atoms with van der Waals surface area (Å²) in [6, 6.07) is 7.92. The van der Waals surface area contributed by atoms with E-state index in [1.807, 2.05) is 78.0 Å². The maximum atomic E-state index is 12.0. The van der Waals surface area contributed by atoms with Gasteiger partial charge in [0.15, 0.2) is 0 Å². The third kappa shape index (κ3) is 10.4. The van der Waals surface area contributed by atoms with E-state index in [2.05, 4.69) is 41.8 Å². The van der Waals surface area contributed by atoms with Gasteiger partial charge in [-0.05, 0) is 122 Å². The van der Waals surface area contributed by atoms with Crippen LogP contribution in [-0.2, 0) is 9.47 Å². The molecule has 2 aromatic heterocycles. The summed E-state index contributed by atoms with van der Waals surface area (Å²) >= 11 is 6.75. The average molecular weight is 678 g/mol. The lowest BCUT2D eigenvalue weighted by molar-refractivity contribution is 0.0260. The van der Waals surface area contributed by atoms with E-state index in [9.17, 15) is 9.59 Å². The van der Waals surface area contributed by atoms with Crippen LogP contribution in [0.1, 0.15) is 65.8 Å². The molecule has 0 unspecified atom stereocenters. The number of rotatable bonds is 2. The number of pyridine rings is 2. The van der Waals surface area contributed by atoms with E-state index in [1.54, 1.807) is 22.2 Å². The Bertz CT molecular complexity index is 1130. The summed E-state index contributed by atoms with van der Waals surface area (Å²) in [5.74, 6) is 0. The number of halogens is 2. The second-order valence-electron chi connectivity index (χ2n) is 11.5. The van der Waals surface area contributed by atoms with E-state index < -0.39 is 11.2 Å². The number of ether oxygens (including phenoxy) is 2. The molecule has 2 aliphatic rings. The first-order chi connectivity index (χ1) is 18.7. The Morgan fingerprint density at radius 1 is 0.700 bits per heavy atom. The third-order valence-corrected chi connectivity index (χ3v) is 6.77. The molecule has 0 spiro atoms. The highest BCUT2D eigenvalue weighted by Gasteiger charge is 2.25. The summed E-state index contributed by atoms with van der Waals surface area (Å²) in [7, 11) is 0. The number of hydrogen-bond acceptors (Lipinski definition) is 6. The smallest absolute Gasteiger partial charge is 0.410 e. The summed E-state index contributed by atoms with van der Waals surface area (Å²) in [6.07, 6.45) is 8.76. The molecule has 0 saturated carbocycles. The van der Waals surface area contributed by atoms with Gasteiger partial charge in [-0.3, -0.25) is 9.97 Å². The van der Waals surface area contributed by atoms with Gasteiger partial charge < -0.3 is 19.3 Å². The third-order valence-electron chi connectivity index (χ3n) is 5.83. The summed E-state index contributed by atoms with van der Waals surface area (Å²) < 4.78 is 12.7. The summed E-state index contributed by atoms with van der Waals surface area (Å²) in [5.41, 5.74) is 3.39. The van der Waals surface area contributed by atoms with Crippen LogP contribution in [0.4, 0.5) is 9.59 Å². The Morgan fingerprint density at radius 2 is 1.07 bits per heavy atom. The summed E-state index contributed by atoms with van der Waals surface area (Å²) in [4.78, 5) is 36.1. The lowest BCUT2D eigenvalue weighted by Crippen LogP contribution is -2.39. The van der Waals surface area contributed by atoms with E-state index in [0.717, 1.165) is 33.2 Å². The van der Waals surface area contributed by atoms with Gasteiger partial charge in [0, 0.05) is 47.5 Å². The van der Waals surface area contributed by atoms with Crippen molar-refractivity contribution in [1.29, 1.82) is 0 Å². The summed E-state index contributed by atoms with van der Waals surface area (Å²) in [6.45, 7) is 13.7. The van der Waals surface area contributed by atoms with Crippen LogP contribution in [0.25, 0.3) is 11.1 Å². The molecule has 0 atom stereocenters. The molecule has 2 aliphatic heterocycles. The van der Waals surface area contributed by atoms with E-state index in [0.29, 0.717) is 26.2 Å². The Labute approximate surface area is 254 Å². The van der Waals surface area contributed by atoms with Gasteiger partial charge >= 0.3 is 12.2 Å². The fourth-order valence-corrected chi connectivity index (χ4v) is 4.39. The van der Waals surface area contributed by atoms with Gasteiger partial charge in [-0.15, -0.1) is 0 Å². The Kier molecular flexibility index (Phi) is 10.9. The van der Waals surface area contributed by atoms with Gasteiger partial charge in [0.1, 0.15) is 11.2 Å². The second kappa shape index (κ2) is 13.8. The minimum Gasteiger partial charge on any atom is -0.444 e. The zero-order valence-corrected chi connectivity index (χ0v) is 27.2. The van der Waals surface area contributed by atoms with Crippen LogP contribution in [-0.4, -0.2) is 69.3 Å². The van der Waals surface area contributed by atoms with Crippen LogP contribution in [0, 0.1) is 0 Å². The molecule has 0 aromatic carbocycles. The van der Waals surface area contributed by atoms with Crippen molar-refractivity contribution >= 4 is 55.2 Å². The normalized spacial score (nSPS) is 15.8. The molecule has 216 valence electrons. The van der Waals surface area contributed by atoms with Crippen LogP contribution >= 0.6 is 31.9 Å². The molecule has 8 nitrogen and oxygen atoms in total. The molecule has 40 heavy (non-hydrogen) atoms. The maximum Gasteiger partial charge on any atom is 0.410 e. The topological polar surface area (TPSA) is 84.9 Å². The van der Waals surface area contributed by atoms with Gasteiger partial charge in [-0.2, -0.15) is 0 Å². The molecule has 0 N–H and O–H groups in total. The van der Waals surface area contributed by atoms with Gasteiger partial charge in [-0.1, -0.05) is 12.2 Å². The maximum absolute atomic E-state index is 12.0. The average Bonchev–Trinajstić information content (AvgIpc) is 2.88. The van der Waals surface area contributed by atoms with Gasteiger partial charge in [0.05, 0.1) is 11.4 Å². The van der Waals surface area contributed by atoms with Crippen LogP contribution in [0.2, 0.25) is 0 Å². The van der Waals surface area contributed by atoms with Crippen molar-refractivity contribution in [1.82, 2.24) is 19.8 Å². The number of hydrogen-bond donors (Lipinski definition) is 0. The molecule has 0 radical (unpaired) electrons. The number of aromatic nitrogens is 2. The van der Waals surface area contributed by atoms with Crippen molar-refractivity contribution in [2.24, 2.45) is 0 Å². The molecule has 0 fully saturated rings. The van der Waals surface area contributed by atoms with Gasteiger partial charge in [0.2, 0.25) is 0 Å². The SMILES string of the molecule is CC(C)(C)OC(=O)N1CC=C(c2ccc(Br)cn2)CC1.CC(C)(C)OC(=O)N1CC=C(c2ccc(Br)cn2)CC1. The van der Waals surface area contributed by atoms with Crippen LogP contribution < -0.4 is 0 Å². The molecule has 2 amide bonds. The molecule has 2 aromatic rings. The van der Waals surface area contributed by atoms with Gasteiger partial charge in [-0.25, -0.2) is 9.59 Å². The molecule has 0 aliphatic carbocycles. The quantitative estimate of drug-likeness (QED) is 0.323. The van der Waals surface area contributed by atoms with Crippen molar-refractivity contribution < 1.29 is 19.1 Å². The number of amides is 2.